The van der Waals surface area contributed by atoms with Crippen molar-refractivity contribution in [1.82, 2.24) is 4.90 Å². The fourth-order valence-corrected chi connectivity index (χ4v) is 2.96. The van der Waals surface area contributed by atoms with E-state index in [0.29, 0.717) is 6.04 Å². The van der Waals surface area contributed by atoms with Crippen molar-refractivity contribution in [1.29, 1.82) is 0 Å². The number of likely N-dealkylation sites (tertiary alicyclic amines) is 1. The molecule has 2 fully saturated rings. The molecule has 2 heteroatoms. The minimum Gasteiger partial charge on any atom is -0.327 e. The van der Waals surface area contributed by atoms with E-state index in [1.165, 1.54) is 45.2 Å². The monoisotopic (exact) mass is 196 g/mol. The van der Waals surface area contributed by atoms with Gasteiger partial charge in [-0.3, -0.25) is 0 Å². The topological polar surface area (TPSA) is 29.3 Å². The average Bonchev–Trinajstić information content (AvgIpc) is 1.99. The summed E-state index contributed by atoms with van der Waals surface area (Å²) in [5.41, 5.74) is 5.85. The highest BCUT2D eigenvalue weighted by atomic mass is 15.1. The highest BCUT2D eigenvalue weighted by molar-refractivity contribution is 4.83. The predicted molar refractivity (Wildman–Crippen MR) is 60.2 cm³/mol. The maximum Gasteiger partial charge on any atom is 0.0139 e. The molecule has 0 bridgehead atoms. The Morgan fingerprint density at radius 2 is 1.93 bits per heavy atom. The van der Waals surface area contributed by atoms with Crippen LogP contribution in [0.2, 0.25) is 0 Å². The molecule has 1 aliphatic carbocycles. The second-order valence-electron chi connectivity index (χ2n) is 5.33. The molecular formula is C12H24N2. The molecular weight excluding hydrogens is 172 g/mol. The molecule has 0 radical (unpaired) electrons. The van der Waals surface area contributed by atoms with E-state index in [4.69, 9.17) is 5.73 Å². The van der Waals surface area contributed by atoms with E-state index in [-0.39, 0.29) is 0 Å². The van der Waals surface area contributed by atoms with Gasteiger partial charge in [-0.05, 0) is 38.1 Å². The van der Waals surface area contributed by atoms with Gasteiger partial charge in [-0.2, -0.15) is 0 Å². The third-order valence-corrected chi connectivity index (χ3v) is 3.90. The van der Waals surface area contributed by atoms with Crippen molar-refractivity contribution < 1.29 is 0 Å². The average molecular weight is 196 g/mol. The van der Waals surface area contributed by atoms with Crippen LogP contribution in [-0.2, 0) is 0 Å². The Bertz CT molecular complexity index is 175. The van der Waals surface area contributed by atoms with Crippen molar-refractivity contribution in [3.05, 3.63) is 0 Å². The number of hydrogen-bond donors (Lipinski definition) is 1. The molecule has 0 spiro atoms. The van der Waals surface area contributed by atoms with Crippen LogP contribution in [0.25, 0.3) is 0 Å². The molecule has 0 aromatic carbocycles. The van der Waals surface area contributed by atoms with E-state index in [1.54, 1.807) is 0 Å². The SMILES string of the molecule is C[C@@H](N)CN1CCCC(C2CCC2)C1. The zero-order valence-electron chi connectivity index (χ0n) is 9.41. The smallest absolute Gasteiger partial charge is 0.0139 e. The van der Waals surface area contributed by atoms with Gasteiger partial charge in [0.05, 0.1) is 0 Å². The molecule has 0 aromatic heterocycles. The molecule has 1 saturated heterocycles. The summed E-state index contributed by atoms with van der Waals surface area (Å²) in [4.78, 5) is 2.58. The fourth-order valence-electron chi connectivity index (χ4n) is 2.96. The second-order valence-corrected chi connectivity index (χ2v) is 5.33. The Morgan fingerprint density at radius 1 is 1.21 bits per heavy atom. The lowest BCUT2D eigenvalue weighted by Gasteiger charge is -2.41. The molecule has 1 saturated carbocycles. The molecule has 1 unspecified atom stereocenters. The first-order valence-corrected chi connectivity index (χ1v) is 6.23. The highest BCUT2D eigenvalue weighted by Gasteiger charge is 2.30. The number of piperidine rings is 1. The summed E-state index contributed by atoms with van der Waals surface area (Å²) in [5, 5.41) is 0. The van der Waals surface area contributed by atoms with Crippen LogP contribution in [0.15, 0.2) is 0 Å². The van der Waals surface area contributed by atoms with E-state index in [0.717, 1.165) is 18.4 Å². The lowest BCUT2D eigenvalue weighted by molar-refractivity contribution is 0.0930. The van der Waals surface area contributed by atoms with Crippen LogP contribution in [0.5, 0.6) is 0 Å². The van der Waals surface area contributed by atoms with Crippen molar-refractivity contribution in [2.24, 2.45) is 17.6 Å². The van der Waals surface area contributed by atoms with Gasteiger partial charge in [0.1, 0.15) is 0 Å². The minimum absolute atomic E-state index is 0.343. The molecule has 14 heavy (non-hydrogen) atoms. The second kappa shape index (κ2) is 4.63. The van der Waals surface area contributed by atoms with Gasteiger partial charge in [0.15, 0.2) is 0 Å². The number of hydrogen-bond acceptors (Lipinski definition) is 2. The predicted octanol–water partition coefficient (Wildman–Crippen LogP) is 1.85. The summed E-state index contributed by atoms with van der Waals surface area (Å²) in [7, 11) is 0. The van der Waals surface area contributed by atoms with Crippen molar-refractivity contribution >= 4 is 0 Å². The van der Waals surface area contributed by atoms with Gasteiger partial charge in [0, 0.05) is 19.1 Å². The van der Waals surface area contributed by atoms with Gasteiger partial charge in [-0.25, -0.2) is 0 Å². The van der Waals surface area contributed by atoms with E-state index >= 15 is 0 Å². The van der Waals surface area contributed by atoms with Crippen LogP contribution in [0.1, 0.15) is 39.0 Å². The van der Waals surface area contributed by atoms with Crippen molar-refractivity contribution in [2.75, 3.05) is 19.6 Å². The van der Waals surface area contributed by atoms with E-state index in [2.05, 4.69) is 11.8 Å². The van der Waals surface area contributed by atoms with Gasteiger partial charge in [0.2, 0.25) is 0 Å². The molecule has 82 valence electrons. The first-order valence-electron chi connectivity index (χ1n) is 6.23. The van der Waals surface area contributed by atoms with E-state index in [1.807, 2.05) is 0 Å². The van der Waals surface area contributed by atoms with Crippen molar-refractivity contribution in [3.8, 4) is 0 Å². The van der Waals surface area contributed by atoms with Gasteiger partial charge in [-0.1, -0.05) is 19.3 Å². The molecule has 2 N–H and O–H groups in total. The molecule has 2 aliphatic rings. The Labute approximate surface area is 87.8 Å². The minimum atomic E-state index is 0.343. The van der Waals surface area contributed by atoms with Crippen LogP contribution in [-0.4, -0.2) is 30.6 Å². The lowest BCUT2D eigenvalue weighted by Crippen LogP contribution is -2.44. The lowest BCUT2D eigenvalue weighted by atomic mass is 9.73. The third kappa shape index (κ3) is 2.48. The zero-order chi connectivity index (χ0) is 9.97. The Morgan fingerprint density at radius 3 is 2.50 bits per heavy atom. The van der Waals surface area contributed by atoms with Crippen LogP contribution >= 0.6 is 0 Å². The number of nitrogens with two attached hydrogens (primary N) is 1. The van der Waals surface area contributed by atoms with Crippen LogP contribution in [0.3, 0.4) is 0 Å². The zero-order valence-corrected chi connectivity index (χ0v) is 9.41. The summed E-state index contributed by atoms with van der Waals surface area (Å²) < 4.78 is 0. The van der Waals surface area contributed by atoms with Gasteiger partial charge in [0.25, 0.3) is 0 Å². The molecule has 0 aromatic rings. The highest BCUT2D eigenvalue weighted by Crippen LogP contribution is 2.37. The Balaban J connectivity index is 1.77. The number of rotatable bonds is 3. The normalized spacial score (nSPS) is 32.6. The Hall–Kier alpha value is -0.0800. The van der Waals surface area contributed by atoms with Gasteiger partial charge >= 0.3 is 0 Å². The summed E-state index contributed by atoms with van der Waals surface area (Å²) in [5.74, 6) is 2.06. The van der Waals surface area contributed by atoms with E-state index < -0.39 is 0 Å². The largest absolute Gasteiger partial charge is 0.327 e. The molecule has 2 rings (SSSR count). The third-order valence-electron chi connectivity index (χ3n) is 3.90. The van der Waals surface area contributed by atoms with Gasteiger partial charge in [-0.15, -0.1) is 0 Å². The summed E-state index contributed by atoms with van der Waals surface area (Å²) >= 11 is 0. The van der Waals surface area contributed by atoms with Gasteiger partial charge < -0.3 is 10.6 Å². The molecule has 1 aliphatic heterocycles. The molecule has 2 nitrogen and oxygen atoms in total. The molecule has 0 amide bonds. The summed E-state index contributed by atoms with van der Waals surface area (Å²) in [6.07, 6.45) is 7.34. The summed E-state index contributed by atoms with van der Waals surface area (Å²) in [6, 6.07) is 0.343. The van der Waals surface area contributed by atoms with Crippen LogP contribution < -0.4 is 5.73 Å². The quantitative estimate of drug-likeness (QED) is 0.746. The van der Waals surface area contributed by atoms with Crippen LogP contribution in [0.4, 0.5) is 0 Å². The molecule has 1 heterocycles. The standard InChI is InChI=1S/C12H24N2/c1-10(13)8-14-7-3-6-12(9-14)11-4-2-5-11/h10-12H,2-9,13H2,1H3/t10-,12?/m1/s1. The van der Waals surface area contributed by atoms with Crippen molar-refractivity contribution in [3.63, 3.8) is 0 Å². The maximum absolute atomic E-state index is 5.85. The summed E-state index contributed by atoms with van der Waals surface area (Å²) in [6.45, 7) is 5.83. The first-order chi connectivity index (χ1) is 6.75. The molecule has 2 atom stereocenters. The first kappa shape index (κ1) is 10.4. The fraction of sp³-hybridized carbons (Fsp3) is 1.00. The number of nitrogens with zero attached hydrogens (tertiary/aromatic N) is 1. The Kier molecular flexibility index (Phi) is 3.45. The van der Waals surface area contributed by atoms with Crippen molar-refractivity contribution in [2.45, 2.75) is 45.1 Å². The van der Waals surface area contributed by atoms with Crippen LogP contribution in [0, 0.1) is 11.8 Å². The van der Waals surface area contributed by atoms with E-state index in [9.17, 15) is 0 Å². The maximum atomic E-state index is 5.85.